The van der Waals surface area contributed by atoms with Gasteiger partial charge in [-0.05, 0) is 95.0 Å². The monoisotopic (exact) mass is 552 g/mol. The SMILES string of the molecule is CCC(=CC=O)c1cccc(CCc2ccc(CO[Si](C)(C)C(C)(C)C)c(CO[Si](C)(C)C(C)(C)C)c2)c1. The lowest BCUT2D eigenvalue weighted by molar-refractivity contribution is -0.104. The summed E-state index contributed by atoms with van der Waals surface area (Å²) in [5.74, 6) is 0. The van der Waals surface area contributed by atoms with E-state index in [9.17, 15) is 4.79 Å². The minimum atomic E-state index is -1.88. The molecule has 0 aliphatic carbocycles. The molecule has 2 rings (SSSR count). The number of benzene rings is 2. The second-order valence-electron chi connectivity index (χ2n) is 13.6. The summed E-state index contributed by atoms with van der Waals surface area (Å²) in [7, 11) is -3.73. The van der Waals surface area contributed by atoms with Crippen molar-refractivity contribution in [2.24, 2.45) is 0 Å². The molecule has 0 bridgehead atoms. The highest BCUT2D eigenvalue weighted by atomic mass is 28.4. The molecule has 0 fully saturated rings. The maximum Gasteiger partial charge on any atom is 0.192 e. The average Bonchev–Trinajstić information content (AvgIpc) is 2.82. The lowest BCUT2D eigenvalue weighted by Gasteiger charge is -2.37. The predicted octanol–water partition coefficient (Wildman–Crippen LogP) is 9.51. The number of aldehydes is 1. The molecule has 0 spiro atoms. The smallest absolute Gasteiger partial charge is 0.192 e. The molecule has 0 heterocycles. The fourth-order valence-electron chi connectivity index (χ4n) is 3.77. The Hall–Kier alpha value is -1.80. The van der Waals surface area contributed by atoms with Crippen LogP contribution >= 0.6 is 0 Å². The van der Waals surface area contributed by atoms with Gasteiger partial charge in [0.25, 0.3) is 0 Å². The first kappa shape index (κ1) is 32.4. The molecule has 2 aromatic rings. The first-order chi connectivity index (χ1) is 17.5. The Morgan fingerprint density at radius 3 is 1.79 bits per heavy atom. The van der Waals surface area contributed by atoms with Crippen molar-refractivity contribution in [3.8, 4) is 0 Å². The number of hydrogen-bond acceptors (Lipinski definition) is 3. The van der Waals surface area contributed by atoms with Crippen LogP contribution in [0.15, 0.2) is 48.5 Å². The summed E-state index contributed by atoms with van der Waals surface area (Å²) in [5.41, 5.74) is 7.32. The molecule has 0 unspecified atom stereocenters. The van der Waals surface area contributed by atoms with Crippen molar-refractivity contribution in [2.45, 2.75) is 117 Å². The van der Waals surface area contributed by atoms with Crippen molar-refractivity contribution in [1.82, 2.24) is 0 Å². The van der Waals surface area contributed by atoms with E-state index in [1.165, 1.54) is 22.3 Å². The van der Waals surface area contributed by atoms with E-state index in [-0.39, 0.29) is 10.1 Å². The third-order valence-corrected chi connectivity index (χ3v) is 17.7. The third-order valence-electron chi connectivity index (χ3n) is 8.71. The Kier molecular flexibility index (Phi) is 11.1. The van der Waals surface area contributed by atoms with Gasteiger partial charge in [0.1, 0.15) is 6.29 Å². The molecular formula is C33H52O3Si2. The Labute approximate surface area is 235 Å². The van der Waals surface area contributed by atoms with Gasteiger partial charge >= 0.3 is 0 Å². The lowest BCUT2D eigenvalue weighted by Crippen LogP contribution is -2.41. The molecule has 0 aliphatic heterocycles. The second-order valence-corrected chi connectivity index (χ2v) is 23.2. The summed E-state index contributed by atoms with van der Waals surface area (Å²) in [4.78, 5) is 11.0. The Bertz CT molecular complexity index is 1100. The molecule has 0 aromatic heterocycles. The normalized spacial score (nSPS) is 13.6. The van der Waals surface area contributed by atoms with Crippen LogP contribution in [0.2, 0.25) is 36.3 Å². The predicted molar refractivity (Wildman–Crippen MR) is 169 cm³/mol. The molecule has 38 heavy (non-hydrogen) atoms. The van der Waals surface area contributed by atoms with Gasteiger partial charge in [-0.15, -0.1) is 0 Å². The van der Waals surface area contributed by atoms with Crippen LogP contribution in [0.4, 0.5) is 0 Å². The zero-order valence-electron chi connectivity index (χ0n) is 26.0. The van der Waals surface area contributed by atoms with E-state index in [1.54, 1.807) is 6.08 Å². The van der Waals surface area contributed by atoms with Gasteiger partial charge in [-0.25, -0.2) is 0 Å². The van der Waals surface area contributed by atoms with E-state index in [4.69, 9.17) is 8.85 Å². The quantitative estimate of drug-likeness (QED) is 0.149. The van der Waals surface area contributed by atoms with E-state index >= 15 is 0 Å². The zero-order valence-corrected chi connectivity index (χ0v) is 28.0. The fraction of sp³-hybridized carbons (Fsp3) is 0.545. The van der Waals surface area contributed by atoms with Gasteiger partial charge in [-0.3, -0.25) is 4.79 Å². The molecule has 0 amide bonds. The standard InChI is InChI=1S/C33H52O3Si2/c1-12-28(20-21-34)29-15-13-14-26(22-29)16-17-27-18-19-30(24-35-37(8,9)32(2,3)4)31(23-27)25-36-38(10,11)33(5,6)7/h13-15,18-23H,12,16-17,24-25H2,1-11H3. The highest BCUT2D eigenvalue weighted by Gasteiger charge is 2.38. The van der Waals surface area contributed by atoms with Crippen molar-refractivity contribution in [2.75, 3.05) is 0 Å². The number of hydrogen-bond donors (Lipinski definition) is 0. The van der Waals surface area contributed by atoms with E-state index in [1.807, 2.05) is 0 Å². The van der Waals surface area contributed by atoms with Crippen LogP contribution < -0.4 is 0 Å². The van der Waals surface area contributed by atoms with E-state index in [2.05, 4.69) is 117 Å². The minimum absolute atomic E-state index is 0.170. The van der Waals surface area contributed by atoms with Gasteiger partial charge in [0.15, 0.2) is 16.6 Å². The molecule has 3 nitrogen and oxygen atoms in total. The van der Waals surface area contributed by atoms with E-state index < -0.39 is 16.6 Å². The van der Waals surface area contributed by atoms with Crippen molar-refractivity contribution < 1.29 is 13.6 Å². The first-order valence-electron chi connectivity index (χ1n) is 14.1. The first-order valence-corrected chi connectivity index (χ1v) is 19.9. The van der Waals surface area contributed by atoms with Crippen LogP contribution in [0.5, 0.6) is 0 Å². The largest absolute Gasteiger partial charge is 0.413 e. The van der Waals surface area contributed by atoms with Crippen LogP contribution in [0.25, 0.3) is 5.57 Å². The average molecular weight is 553 g/mol. The zero-order chi connectivity index (χ0) is 28.8. The molecule has 2 aromatic carbocycles. The number of carbonyl (C=O) groups is 1. The highest BCUT2D eigenvalue weighted by molar-refractivity contribution is 6.74. The van der Waals surface area contributed by atoms with E-state index in [0.717, 1.165) is 36.7 Å². The number of rotatable bonds is 12. The molecule has 0 N–H and O–H groups in total. The molecule has 0 aliphatic rings. The molecule has 0 atom stereocenters. The van der Waals surface area contributed by atoms with Crippen molar-refractivity contribution >= 4 is 28.5 Å². The summed E-state index contributed by atoms with van der Waals surface area (Å²) < 4.78 is 13.3. The van der Waals surface area contributed by atoms with Crippen molar-refractivity contribution in [3.05, 3.63) is 76.4 Å². The van der Waals surface area contributed by atoms with Crippen LogP contribution in [0.3, 0.4) is 0 Å². The topological polar surface area (TPSA) is 35.5 Å². The number of carbonyl (C=O) groups excluding carboxylic acids is 1. The van der Waals surface area contributed by atoms with Crippen molar-refractivity contribution in [3.63, 3.8) is 0 Å². The van der Waals surface area contributed by atoms with Crippen molar-refractivity contribution in [1.29, 1.82) is 0 Å². The number of aryl methyl sites for hydroxylation is 2. The molecule has 0 saturated heterocycles. The summed E-state index contributed by atoms with van der Waals surface area (Å²) in [6.45, 7) is 26.4. The van der Waals surface area contributed by atoms with Gasteiger partial charge < -0.3 is 8.85 Å². The Morgan fingerprint density at radius 1 is 0.763 bits per heavy atom. The lowest BCUT2D eigenvalue weighted by atomic mass is 9.96. The van der Waals surface area contributed by atoms with Gasteiger partial charge in [-0.1, -0.05) is 90.9 Å². The van der Waals surface area contributed by atoms with Crippen LogP contribution in [0, 0.1) is 0 Å². The summed E-state index contributed by atoms with van der Waals surface area (Å²) in [5, 5.41) is 0.348. The number of allylic oxidation sites excluding steroid dienone is 2. The van der Waals surface area contributed by atoms with Gasteiger partial charge in [0.2, 0.25) is 0 Å². The maximum atomic E-state index is 11.0. The van der Waals surface area contributed by atoms with Crippen LogP contribution in [-0.2, 0) is 39.7 Å². The van der Waals surface area contributed by atoms with Gasteiger partial charge in [-0.2, -0.15) is 0 Å². The molecule has 0 saturated carbocycles. The van der Waals surface area contributed by atoms with E-state index in [0.29, 0.717) is 13.2 Å². The Morgan fingerprint density at radius 2 is 1.29 bits per heavy atom. The van der Waals surface area contributed by atoms with Crippen LogP contribution in [0.1, 0.15) is 82.7 Å². The fourth-order valence-corrected chi connectivity index (χ4v) is 5.67. The molecule has 5 heteroatoms. The highest BCUT2D eigenvalue weighted by Crippen LogP contribution is 2.39. The summed E-state index contributed by atoms with van der Waals surface area (Å²) in [6, 6.07) is 15.4. The molecule has 210 valence electrons. The maximum absolute atomic E-state index is 11.0. The molecular weight excluding hydrogens is 501 g/mol. The summed E-state index contributed by atoms with van der Waals surface area (Å²) in [6.07, 6.45) is 5.32. The van der Waals surface area contributed by atoms with Gasteiger partial charge in [0.05, 0.1) is 13.2 Å². The van der Waals surface area contributed by atoms with Crippen LogP contribution in [-0.4, -0.2) is 22.9 Å². The minimum Gasteiger partial charge on any atom is -0.413 e. The second kappa shape index (κ2) is 13.0. The Balaban J connectivity index is 2.28. The van der Waals surface area contributed by atoms with Gasteiger partial charge in [0, 0.05) is 0 Å². The third kappa shape index (κ3) is 8.87. The summed E-state index contributed by atoms with van der Waals surface area (Å²) >= 11 is 0. The molecule has 0 radical (unpaired) electrons.